The van der Waals surface area contributed by atoms with Crippen LogP contribution in [0.5, 0.6) is 0 Å². The first-order chi connectivity index (χ1) is 36.5. The first-order valence-electron chi connectivity index (χ1n) is 23.5. The maximum absolute atomic E-state index is 14.1. The lowest BCUT2D eigenvalue weighted by Gasteiger charge is -2.26. The zero-order chi connectivity index (χ0) is 56.6. The predicted octanol–water partition coefficient (Wildman–Crippen LogP) is -4.74. The van der Waals surface area contributed by atoms with E-state index < -0.39 is 126 Å². The molecule has 3 aromatic heterocycles. The van der Waals surface area contributed by atoms with Crippen molar-refractivity contribution < 1.29 is 68.4 Å². The minimum Gasteiger partial charge on any atom is -0.481 e. The first kappa shape index (κ1) is 58.0. The molecule has 412 valence electrons. The highest BCUT2D eigenvalue weighted by Crippen LogP contribution is 2.46. The van der Waals surface area contributed by atoms with Crippen LogP contribution in [0.25, 0.3) is 11.2 Å². The van der Waals surface area contributed by atoms with Gasteiger partial charge in [-0.3, -0.25) is 62.6 Å². The van der Waals surface area contributed by atoms with E-state index >= 15 is 0 Å². The Balaban J connectivity index is 1.19. The summed E-state index contributed by atoms with van der Waals surface area (Å²) in [5.41, 5.74) is 15.4. The summed E-state index contributed by atoms with van der Waals surface area (Å²) in [6.07, 6.45) is -1.39. The van der Waals surface area contributed by atoms with Crippen molar-refractivity contribution in [1.82, 2.24) is 66.8 Å². The van der Waals surface area contributed by atoms with Crippen LogP contribution in [0.2, 0.25) is 0 Å². The van der Waals surface area contributed by atoms with Crippen LogP contribution in [0.1, 0.15) is 73.6 Å². The number of aliphatic carboxylic acids is 4. The summed E-state index contributed by atoms with van der Waals surface area (Å²) >= 11 is 0. The number of fused-ring (bicyclic) bond motifs is 1. The summed E-state index contributed by atoms with van der Waals surface area (Å²) in [6.45, 7) is 2.14. The predicted molar refractivity (Wildman–Crippen MR) is 263 cm³/mol. The summed E-state index contributed by atoms with van der Waals surface area (Å²) in [5.74, 6) is -14.1. The molecule has 1 saturated carbocycles. The number of carbonyl (C=O) groups is 10. The second kappa shape index (κ2) is 26.4. The van der Waals surface area contributed by atoms with Crippen LogP contribution in [0.3, 0.4) is 0 Å². The smallest absolute Gasteiger partial charge is 0.326 e. The SMILES string of the molecule is CCn1cc(C[C@H](NC(=O)[C@H](CC(=O)O)NC(=O)[C@H](CC(=O)O)NC(=O)C2(NC(=O)[C@H](CC(=O)O)NC(=O)CCCNC(=O)c3ccc(NCc4cnc5nc(N)[nH]c(=O)c5n4)cc3)C[C@H]2CCN=C(N)N)C(=O)O)nn1. The molecule has 1 aliphatic carbocycles. The third kappa shape index (κ3) is 17.1. The summed E-state index contributed by atoms with van der Waals surface area (Å²) in [7, 11) is 0. The van der Waals surface area contributed by atoms with E-state index in [2.05, 4.69) is 67.1 Å². The van der Waals surface area contributed by atoms with Gasteiger partial charge in [0.15, 0.2) is 17.1 Å². The van der Waals surface area contributed by atoms with E-state index in [-0.39, 0.29) is 79.6 Å². The van der Waals surface area contributed by atoms with E-state index in [4.69, 9.17) is 17.2 Å². The number of carboxylic acids is 4. The Morgan fingerprint density at radius 1 is 0.831 bits per heavy atom. The third-order valence-electron chi connectivity index (χ3n) is 11.6. The van der Waals surface area contributed by atoms with E-state index in [1.54, 1.807) is 19.1 Å². The molecule has 0 aliphatic heterocycles. The lowest BCUT2D eigenvalue weighted by molar-refractivity contribution is -0.145. The molecule has 33 nitrogen and oxygen atoms in total. The van der Waals surface area contributed by atoms with Crippen LogP contribution < -0.4 is 60.0 Å². The normalized spacial score (nSPS) is 16.0. The van der Waals surface area contributed by atoms with Crippen LogP contribution in [-0.4, -0.2) is 163 Å². The van der Waals surface area contributed by atoms with Crippen LogP contribution in [0, 0.1) is 5.92 Å². The summed E-state index contributed by atoms with van der Waals surface area (Å²) < 4.78 is 1.38. The minimum absolute atomic E-state index is 0.00533. The number of anilines is 2. The van der Waals surface area contributed by atoms with Crippen LogP contribution >= 0.6 is 0 Å². The number of carbonyl (C=O) groups excluding carboxylic acids is 6. The van der Waals surface area contributed by atoms with Crippen LogP contribution in [0.4, 0.5) is 11.6 Å². The quantitative estimate of drug-likeness (QED) is 0.0132. The van der Waals surface area contributed by atoms with Gasteiger partial charge in [0.1, 0.15) is 29.7 Å². The molecule has 0 radical (unpaired) electrons. The van der Waals surface area contributed by atoms with Crippen molar-refractivity contribution in [2.24, 2.45) is 22.4 Å². The molecule has 18 N–H and O–H groups in total. The standard InChI is InChI=1S/C44H56N18O15/c1-2-62-19-23(60-61-62)12-28(40(75)76)55-36(71)25(13-30(64)65)54-37(72)26(14-31(66)67)56-41(77)44(16-21(44)9-11-49-42(45)46)59-38(73)27(15-32(68)69)53-29(63)4-3-10-48-35(70)20-5-7-22(8-6-20)50-17-24-18-51-34-33(52-24)39(74)58-43(47)57-34/h5-8,18-19,21,25-28,50H,2-4,9-17H2,1H3,(H,48,70)(H,53,63)(H,54,72)(H,55,71)(H,56,77)(H,59,73)(H,64,65)(H,66,67)(H,68,69)(H,75,76)(H4,45,46,49)(H3,47,51,57,58,74)/t21-,25+,26+,27+,28+,44?/m1/s1. The number of aromatic nitrogens is 7. The van der Waals surface area contributed by atoms with Gasteiger partial charge < -0.3 is 74.8 Å². The van der Waals surface area contributed by atoms with Crippen molar-refractivity contribution >= 4 is 88.1 Å². The number of benzene rings is 1. The fraction of sp³-hybridized carbons (Fsp3) is 0.432. The van der Waals surface area contributed by atoms with Crippen LogP contribution in [0.15, 0.2) is 46.4 Å². The van der Waals surface area contributed by atoms with Gasteiger partial charge in [0.25, 0.3) is 11.5 Å². The number of aryl methyl sites for hydroxylation is 1. The number of hydrogen-bond donors (Lipinski definition) is 15. The lowest BCUT2D eigenvalue weighted by atomic mass is 10.1. The number of rotatable bonds is 30. The van der Waals surface area contributed by atoms with Gasteiger partial charge in [-0.05, 0) is 56.4 Å². The van der Waals surface area contributed by atoms with Crippen molar-refractivity contribution in [3.8, 4) is 0 Å². The Morgan fingerprint density at radius 3 is 2.05 bits per heavy atom. The van der Waals surface area contributed by atoms with Crippen molar-refractivity contribution in [3.05, 3.63) is 64.0 Å². The summed E-state index contributed by atoms with van der Waals surface area (Å²) in [6, 6.07) is -1.34. The van der Waals surface area contributed by atoms with E-state index in [1.807, 2.05) is 5.32 Å². The Hall–Kier alpha value is -9.85. The Labute approximate surface area is 434 Å². The van der Waals surface area contributed by atoms with Gasteiger partial charge in [0.2, 0.25) is 35.5 Å². The monoisotopic (exact) mass is 1080 g/mol. The summed E-state index contributed by atoms with van der Waals surface area (Å²) in [4.78, 5) is 159. The van der Waals surface area contributed by atoms with Crippen molar-refractivity contribution in [3.63, 3.8) is 0 Å². The highest BCUT2D eigenvalue weighted by atomic mass is 16.4. The highest BCUT2D eigenvalue weighted by molar-refractivity contribution is 6.01. The molecule has 1 fully saturated rings. The number of nitrogens with zero attached hydrogens (tertiary/aromatic N) is 7. The fourth-order valence-corrected chi connectivity index (χ4v) is 7.61. The maximum atomic E-state index is 14.1. The van der Waals surface area contributed by atoms with E-state index in [0.717, 1.165) is 0 Å². The van der Waals surface area contributed by atoms with Gasteiger partial charge >= 0.3 is 23.9 Å². The molecule has 0 saturated heterocycles. The maximum Gasteiger partial charge on any atom is 0.326 e. The topological polar surface area (TPSA) is 528 Å². The third-order valence-corrected chi connectivity index (χ3v) is 11.6. The molecule has 33 heteroatoms. The lowest BCUT2D eigenvalue weighted by Crippen LogP contribution is -2.61. The number of aliphatic imine (C=N–C) groups is 1. The second-order valence-electron chi connectivity index (χ2n) is 17.4. The van der Waals surface area contributed by atoms with E-state index in [9.17, 15) is 73.2 Å². The molecule has 3 heterocycles. The van der Waals surface area contributed by atoms with Gasteiger partial charge in [-0.2, -0.15) is 4.98 Å². The molecule has 1 aliphatic rings. The second-order valence-corrected chi connectivity index (χ2v) is 17.4. The number of nitrogens with two attached hydrogens (primary N) is 3. The molecule has 0 bridgehead atoms. The summed E-state index contributed by atoms with van der Waals surface area (Å²) in [5, 5.41) is 63.2. The van der Waals surface area contributed by atoms with Crippen LogP contribution in [-0.2, 0) is 62.7 Å². The number of aromatic amines is 1. The number of guanidine groups is 1. The molecular formula is C44H56N18O15. The minimum atomic E-state index is -2.07. The fourth-order valence-electron chi connectivity index (χ4n) is 7.61. The molecule has 1 aromatic carbocycles. The van der Waals surface area contributed by atoms with Gasteiger partial charge in [-0.1, -0.05) is 5.21 Å². The van der Waals surface area contributed by atoms with Crippen molar-refractivity contribution in [2.45, 2.75) is 101 Å². The average molecular weight is 1080 g/mol. The largest absolute Gasteiger partial charge is 0.481 e. The highest BCUT2D eigenvalue weighted by Gasteiger charge is 2.61. The zero-order valence-electron chi connectivity index (χ0n) is 41.0. The van der Waals surface area contributed by atoms with Crippen molar-refractivity contribution in [1.29, 1.82) is 0 Å². The van der Waals surface area contributed by atoms with E-state index in [1.165, 1.54) is 29.2 Å². The number of amides is 6. The number of H-pyrrole nitrogens is 1. The molecule has 6 atom stereocenters. The number of carboxylic acid groups (broad SMARTS) is 4. The Morgan fingerprint density at radius 2 is 1.45 bits per heavy atom. The first-order valence-corrected chi connectivity index (χ1v) is 23.5. The Kier molecular flexibility index (Phi) is 19.9. The molecule has 0 spiro atoms. The van der Waals surface area contributed by atoms with Gasteiger partial charge in [-0.15, -0.1) is 5.10 Å². The van der Waals surface area contributed by atoms with Gasteiger partial charge in [-0.25, -0.2) is 14.8 Å². The van der Waals surface area contributed by atoms with Crippen molar-refractivity contribution in [2.75, 3.05) is 24.1 Å². The number of nitrogen functional groups attached to an aromatic ring is 1. The zero-order valence-corrected chi connectivity index (χ0v) is 41.0. The van der Waals surface area contributed by atoms with E-state index in [0.29, 0.717) is 17.9 Å². The van der Waals surface area contributed by atoms with Gasteiger partial charge in [0.05, 0.1) is 43.4 Å². The number of nitrogens with one attached hydrogen (secondary N) is 8. The molecule has 1 unspecified atom stereocenters. The Bertz CT molecular complexity index is 2980. The molecule has 6 amide bonds. The van der Waals surface area contributed by atoms with Gasteiger partial charge in [0, 0.05) is 49.9 Å². The molecule has 5 rings (SSSR count). The number of hydrogen-bond acceptors (Lipinski definition) is 19. The molecular weight excluding hydrogens is 1020 g/mol. The molecule has 4 aromatic rings. The average Bonchev–Trinajstić information content (AvgIpc) is 3.96. The molecule has 77 heavy (non-hydrogen) atoms.